The van der Waals surface area contributed by atoms with Crippen LogP contribution in [0.4, 0.5) is 0 Å². The van der Waals surface area contributed by atoms with E-state index in [1.165, 1.54) is 10.4 Å². The number of nitrogens with zero attached hydrogens (tertiary/aromatic N) is 1. The van der Waals surface area contributed by atoms with Gasteiger partial charge in [0.2, 0.25) is 0 Å². The topological polar surface area (TPSA) is 41.3 Å². The van der Waals surface area contributed by atoms with Crippen molar-refractivity contribution in [1.29, 1.82) is 0 Å². The Balaban J connectivity index is 3.13. The second-order valence-corrected chi connectivity index (χ2v) is 5.91. The van der Waals surface area contributed by atoms with Gasteiger partial charge in [-0.25, -0.2) is 0 Å². The molecule has 4 heteroatoms. The molecular weight excluding hydrogens is 230 g/mol. The van der Waals surface area contributed by atoms with Gasteiger partial charge in [-0.2, -0.15) is 0 Å². The third-order valence-electron chi connectivity index (χ3n) is 3.90. The summed E-state index contributed by atoms with van der Waals surface area (Å²) in [5, 5.41) is 2.21. The van der Waals surface area contributed by atoms with Gasteiger partial charge in [-0.05, 0) is 50.9 Å². The molecule has 0 bridgehead atoms. The van der Waals surface area contributed by atoms with Gasteiger partial charge in [-0.3, -0.25) is 11.3 Å². The molecular formula is C13H25N3S. The Morgan fingerprint density at radius 3 is 2.29 bits per heavy atom. The number of likely N-dealkylation sites (N-methyl/N-ethyl adjacent to an activating group) is 1. The Labute approximate surface area is 109 Å². The lowest BCUT2D eigenvalue weighted by Gasteiger charge is -2.44. The fraction of sp³-hybridized carbons (Fsp3) is 0.692. The van der Waals surface area contributed by atoms with Crippen LogP contribution in [0.15, 0.2) is 11.4 Å². The zero-order valence-electron chi connectivity index (χ0n) is 11.6. The summed E-state index contributed by atoms with van der Waals surface area (Å²) in [6, 6.07) is 2.41. The van der Waals surface area contributed by atoms with Gasteiger partial charge >= 0.3 is 0 Å². The molecule has 98 valence electrons. The van der Waals surface area contributed by atoms with Gasteiger partial charge in [0.05, 0.1) is 6.04 Å². The van der Waals surface area contributed by atoms with Crippen molar-refractivity contribution in [3.63, 3.8) is 0 Å². The maximum Gasteiger partial charge on any atom is 0.0651 e. The molecule has 0 aliphatic heterocycles. The highest BCUT2D eigenvalue weighted by atomic mass is 32.1. The van der Waals surface area contributed by atoms with Crippen LogP contribution in [0, 0.1) is 6.92 Å². The van der Waals surface area contributed by atoms with Crippen LogP contribution in [0.5, 0.6) is 0 Å². The van der Waals surface area contributed by atoms with E-state index in [-0.39, 0.29) is 11.6 Å². The highest BCUT2D eigenvalue weighted by molar-refractivity contribution is 7.10. The van der Waals surface area contributed by atoms with Crippen molar-refractivity contribution < 1.29 is 0 Å². The summed E-state index contributed by atoms with van der Waals surface area (Å²) in [6.07, 6.45) is 2.14. The van der Waals surface area contributed by atoms with Gasteiger partial charge in [0.25, 0.3) is 0 Å². The van der Waals surface area contributed by atoms with E-state index in [1.807, 2.05) is 0 Å². The molecule has 0 aliphatic carbocycles. The van der Waals surface area contributed by atoms with E-state index in [9.17, 15) is 0 Å². The molecule has 0 aromatic carbocycles. The van der Waals surface area contributed by atoms with Crippen molar-refractivity contribution in [3.8, 4) is 0 Å². The molecule has 0 radical (unpaired) electrons. The standard InChI is InChI=1S/C13H25N3S/c1-6-13(7-2,16(4)5)12(15-14)11-8-10(3)17-9-11/h8-9,12,15H,6-7,14H2,1-5H3. The molecule has 0 fully saturated rings. The molecule has 1 aromatic rings. The van der Waals surface area contributed by atoms with E-state index in [0.717, 1.165) is 12.8 Å². The zero-order valence-corrected chi connectivity index (χ0v) is 12.4. The van der Waals surface area contributed by atoms with E-state index in [0.29, 0.717) is 0 Å². The SMILES string of the molecule is CCC(CC)(C(NN)c1csc(C)c1)N(C)C. The van der Waals surface area contributed by atoms with Gasteiger partial charge in [0.1, 0.15) is 0 Å². The Morgan fingerprint density at radius 2 is 2.00 bits per heavy atom. The molecule has 0 spiro atoms. The van der Waals surface area contributed by atoms with Crippen LogP contribution in [0.3, 0.4) is 0 Å². The molecule has 1 atom stereocenters. The molecule has 0 saturated heterocycles. The first-order valence-electron chi connectivity index (χ1n) is 6.20. The molecule has 1 heterocycles. The molecule has 0 amide bonds. The van der Waals surface area contributed by atoms with E-state index < -0.39 is 0 Å². The van der Waals surface area contributed by atoms with Crippen LogP contribution in [-0.2, 0) is 0 Å². The minimum atomic E-state index is 0.0717. The summed E-state index contributed by atoms with van der Waals surface area (Å²) in [4.78, 5) is 3.63. The molecule has 1 aromatic heterocycles. The number of hydrogen-bond acceptors (Lipinski definition) is 4. The Morgan fingerprint density at radius 1 is 1.41 bits per heavy atom. The van der Waals surface area contributed by atoms with Crippen LogP contribution in [0.1, 0.15) is 43.2 Å². The number of rotatable bonds is 6. The predicted octanol–water partition coefficient (Wildman–Crippen LogP) is 2.68. The number of nitrogens with two attached hydrogens (primary N) is 1. The van der Waals surface area contributed by atoms with E-state index >= 15 is 0 Å². The van der Waals surface area contributed by atoms with E-state index in [4.69, 9.17) is 5.84 Å². The lowest BCUT2D eigenvalue weighted by atomic mass is 9.80. The molecule has 3 nitrogen and oxygen atoms in total. The summed E-state index contributed by atoms with van der Waals surface area (Å²) in [6.45, 7) is 6.59. The van der Waals surface area contributed by atoms with Crippen molar-refractivity contribution in [2.45, 2.75) is 45.2 Å². The predicted molar refractivity (Wildman–Crippen MR) is 76.1 cm³/mol. The molecule has 1 rings (SSSR count). The number of aryl methyl sites for hydroxylation is 1. The van der Waals surface area contributed by atoms with Crippen LogP contribution < -0.4 is 11.3 Å². The third-order valence-corrected chi connectivity index (χ3v) is 4.78. The summed E-state index contributed by atoms with van der Waals surface area (Å²) in [5.74, 6) is 5.82. The maximum atomic E-state index is 5.82. The molecule has 1 unspecified atom stereocenters. The second kappa shape index (κ2) is 5.96. The van der Waals surface area contributed by atoms with Crippen molar-refractivity contribution in [1.82, 2.24) is 10.3 Å². The monoisotopic (exact) mass is 255 g/mol. The van der Waals surface area contributed by atoms with Crippen molar-refractivity contribution in [2.75, 3.05) is 14.1 Å². The normalized spacial score (nSPS) is 14.3. The first-order valence-corrected chi connectivity index (χ1v) is 7.08. The van der Waals surface area contributed by atoms with Crippen LogP contribution in [0.2, 0.25) is 0 Å². The van der Waals surface area contributed by atoms with Crippen molar-refractivity contribution in [2.24, 2.45) is 5.84 Å². The summed E-state index contributed by atoms with van der Waals surface area (Å²) in [7, 11) is 4.27. The lowest BCUT2D eigenvalue weighted by Crippen LogP contribution is -2.54. The van der Waals surface area contributed by atoms with Gasteiger partial charge in [0.15, 0.2) is 0 Å². The molecule has 0 aliphatic rings. The maximum absolute atomic E-state index is 5.82. The summed E-state index contributed by atoms with van der Waals surface area (Å²) >= 11 is 1.78. The quantitative estimate of drug-likeness (QED) is 0.606. The molecule has 3 N–H and O–H groups in total. The number of thiophene rings is 1. The van der Waals surface area contributed by atoms with Gasteiger partial charge in [-0.15, -0.1) is 11.3 Å². The number of hydrogen-bond donors (Lipinski definition) is 2. The fourth-order valence-corrected chi connectivity index (χ4v) is 3.46. The minimum Gasteiger partial charge on any atom is -0.302 e. The van der Waals surface area contributed by atoms with Crippen molar-refractivity contribution >= 4 is 11.3 Å². The minimum absolute atomic E-state index is 0.0717. The third kappa shape index (κ3) is 2.71. The summed E-state index contributed by atoms with van der Waals surface area (Å²) < 4.78 is 0. The van der Waals surface area contributed by atoms with Gasteiger partial charge in [0, 0.05) is 10.4 Å². The Bertz CT molecular complexity index is 342. The second-order valence-electron chi connectivity index (χ2n) is 4.80. The Hall–Kier alpha value is -0.420. The Kier molecular flexibility index (Phi) is 5.13. The molecule has 0 saturated carbocycles. The first-order chi connectivity index (χ1) is 8.01. The molecule has 17 heavy (non-hydrogen) atoms. The average Bonchev–Trinajstić information content (AvgIpc) is 2.72. The number of nitrogens with one attached hydrogen (secondary N) is 1. The largest absolute Gasteiger partial charge is 0.302 e. The zero-order chi connectivity index (χ0) is 13.1. The first kappa shape index (κ1) is 14.6. The highest BCUT2D eigenvalue weighted by Crippen LogP contribution is 2.36. The fourth-order valence-electron chi connectivity index (χ4n) is 2.73. The van der Waals surface area contributed by atoms with E-state index in [1.54, 1.807) is 11.3 Å². The van der Waals surface area contributed by atoms with Gasteiger partial charge in [-0.1, -0.05) is 13.8 Å². The van der Waals surface area contributed by atoms with Crippen LogP contribution in [0.25, 0.3) is 0 Å². The highest BCUT2D eigenvalue weighted by Gasteiger charge is 2.38. The summed E-state index contributed by atoms with van der Waals surface area (Å²) in [5.41, 5.74) is 4.39. The lowest BCUT2D eigenvalue weighted by molar-refractivity contribution is 0.0884. The smallest absolute Gasteiger partial charge is 0.0651 e. The van der Waals surface area contributed by atoms with Crippen LogP contribution >= 0.6 is 11.3 Å². The number of hydrazine groups is 1. The van der Waals surface area contributed by atoms with Gasteiger partial charge < -0.3 is 4.90 Å². The van der Waals surface area contributed by atoms with E-state index in [2.05, 4.69) is 56.6 Å². The van der Waals surface area contributed by atoms with Crippen molar-refractivity contribution in [3.05, 3.63) is 21.9 Å². The average molecular weight is 255 g/mol. The van der Waals surface area contributed by atoms with Crippen LogP contribution in [-0.4, -0.2) is 24.5 Å².